The lowest BCUT2D eigenvalue weighted by molar-refractivity contribution is -0.175. The van der Waals surface area contributed by atoms with Gasteiger partial charge in [-0.05, 0) is 117 Å². The fourth-order valence-corrected chi connectivity index (χ4v) is 10.2. The SMILES string of the molecule is Cc1ccc(S(=O)(=O)OC[C@@H](C)C2CCC3C4CC[C@@H]5C[C@H](O)CC[C@]5(C)C4C[C@H](O)[C@@]32C)cc1. The van der Waals surface area contributed by atoms with Gasteiger partial charge in [-0.25, -0.2) is 0 Å². The number of hydrogen-bond acceptors (Lipinski definition) is 5. The Kier molecular flexibility index (Phi) is 6.69. The number of hydrogen-bond donors (Lipinski definition) is 2. The Labute approximate surface area is 211 Å². The first kappa shape index (κ1) is 25.7. The van der Waals surface area contributed by atoms with Crippen LogP contribution in [0.5, 0.6) is 0 Å². The van der Waals surface area contributed by atoms with Crippen molar-refractivity contribution in [2.45, 2.75) is 96.2 Å². The van der Waals surface area contributed by atoms with Crippen LogP contribution in [0.4, 0.5) is 0 Å². The van der Waals surface area contributed by atoms with Gasteiger partial charge in [0, 0.05) is 0 Å². The molecule has 0 saturated heterocycles. The van der Waals surface area contributed by atoms with Crippen LogP contribution < -0.4 is 0 Å². The van der Waals surface area contributed by atoms with Crippen LogP contribution in [-0.4, -0.2) is 37.4 Å². The van der Waals surface area contributed by atoms with E-state index in [0.717, 1.165) is 44.1 Å². The van der Waals surface area contributed by atoms with E-state index in [2.05, 4.69) is 20.8 Å². The molecule has 0 radical (unpaired) electrons. The van der Waals surface area contributed by atoms with E-state index in [0.29, 0.717) is 23.7 Å². The van der Waals surface area contributed by atoms with Crippen LogP contribution >= 0.6 is 0 Å². The van der Waals surface area contributed by atoms with Gasteiger partial charge in [0.2, 0.25) is 0 Å². The van der Waals surface area contributed by atoms with E-state index >= 15 is 0 Å². The van der Waals surface area contributed by atoms with Crippen LogP contribution in [0.1, 0.15) is 77.7 Å². The maximum absolute atomic E-state index is 12.8. The van der Waals surface area contributed by atoms with Gasteiger partial charge in [-0.1, -0.05) is 38.5 Å². The molecule has 6 heteroatoms. The Hall–Kier alpha value is -0.950. The largest absolute Gasteiger partial charge is 0.393 e. The predicted molar refractivity (Wildman–Crippen MR) is 136 cm³/mol. The lowest BCUT2D eigenvalue weighted by Gasteiger charge is -2.62. The summed E-state index contributed by atoms with van der Waals surface area (Å²) in [6, 6.07) is 6.79. The minimum Gasteiger partial charge on any atom is -0.393 e. The molecule has 35 heavy (non-hydrogen) atoms. The zero-order chi connectivity index (χ0) is 25.2. The third kappa shape index (κ3) is 4.20. The second-order valence-corrected chi connectivity index (χ2v) is 14.5. The van der Waals surface area contributed by atoms with Crippen molar-refractivity contribution in [3.05, 3.63) is 29.8 Å². The van der Waals surface area contributed by atoms with Crippen molar-refractivity contribution < 1.29 is 22.8 Å². The van der Waals surface area contributed by atoms with E-state index < -0.39 is 10.1 Å². The Bertz CT molecular complexity index is 1020. The van der Waals surface area contributed by atoms with Gasteiger partial charge < -0.3 is 10.2 Å². The summed E-state index contributed by atoms with van der Waals surface area (Å²) in [7, 11) is -3.79. The molecule has 1 aromatic carbocycles. The molecule has 0 aromatic heterocycles. The van der Waals surface area contributed by atoms with Crippen LogP contribution in [0.3, 0.4) is 0 Å². The van der Waals surface area contributed by atoms with Gasteiger partial charge in [0.25, 0.3) is 10.1 Å². The molecule has 0 spiro atoms. The van der Waals surface area contributed by atoms with E-state index in [-0.39, 0.29) is 46.4 Å². The minimum absolute atomic E-state index is 0.0492. The second-order valence-electron chi connectivity index (χ2n) is 12.9. The molecular weight excluding hydrogens is 460 g/mol. The fraction of sp³-hybridized carbons (Fsp3) is 0.793. The van der Waals surface area contributed by atoms with E-state index in [1.807, 2.05) is 6.92 Å². The fourth-order valence-electron chi connectivity index (χ4n) is 9.25. The van der Waals surface area contributed by atoms with E-state index in [4.69, 9.17) is 4.18 Å². The average molecular weight is 505 g/mol. The highest BCUT2D eigenvalue weighted by Crippen LogP contribution is 2.68. The molecule has 0 amide bonds. The summed E-state index contributed by atoms with van der Waals surface area (Å²) in [5, 5.41) is 22.0. The first-order valence-corrected chi connectivity index (χ1v) is 15.2. The van der Waals surface area contributed by atoms with Gasteiger partial charge in [-0.3, -0.25) is 4.18 Å². The van der Waals surface area contributed by atoms with Gasteiger partial charge in [0.05, 0.1) is 23.7 Å². The maximum Gasteiger partial charge on any atom is 0.296 e. The van der Waals surface area contributed by atoms with Crippen molar-refractivity contribution in [1.82, 2.24) is 0 Å². The summed E-state index contributed by atoms with van der Waals surface area (Å²) in [5.41, 5.74) is 1.04. The summed E-state index contributed by atoms with van der Waals surface area (Å²) >= 11 is 0. The van der Waals surface area contributed by atoms with Crippen LogP contribution in [0.2, 0.25) is 0 Å². The standard InChI is InChI=1S/C29H44O5S/c1-18-5-8-22(9-6-18)35(32,33)34-17-19(2)24-11-12-25-23-10-7-20-15-21(30)13-14-28(20,3)26(23)16-27(31)29(24,25)4/h5-6,8-9,19-21,23-27,30-31H,7,10-17H2,1-4H3/t19-,20-,21-,23?,24?,25?,26?,27+,28+,29-/m1/s1. The zero-order valence-corrected chi connectivity index (χ0v) is 22.6. The summed E-state index contributed by atoms with van der Waals surface area (Å²) in [6.45, 7) is 8.90. The zero-order valence-electron chi connectivity index (χ0n) is 21.8. The van der Waals surface area contributed by atoms with Crippen molar-refractivity contribution in [2.24, 2.45) is 46.3 Å². The molecule has 0 aliphatic heterocycles. The third-order valence-corrected chi connectivity index (χ3v) is 12.6. The van der Waals surface area contributed by atoms with Gasteiger partial charge >= 0.3 is 0 Å². The number of fused-ring (bicyclic) bond motifs is 5. The van der Waals surface area contributed by atoms with E-state index in [1.54, 1.807) is 24.3 Å². The molecular formula is C29H44O5S. The Morgan fingerprint density at radius 2 is 1.71 bits per heavy atom. The van der Waals surface area contributed by atoms with Crippen LogP contribution in [0.25, 0.3) is 0 Å². The van der Waals surface area contributed by atoms with Crippen LogP contribution in [0, 0.1) is 53.3 Å². The van der Waals surface area contributed by atoms with Crippen LogP contribution in [0.15, 0.2) is 29.2 Å². The lowest BCUT2D eigenvalue weighted by Crippen LogP contribution is -2.59. The first-order valence-electron chi connectivity index (χ1n) is 13.8. The average Bonchev–Trinajstić information content (AvgIpc) is 3.18. The number of aryl methyl sites for hydroxylation is 1. The molecule has 196 valence electrons. The molecule has 0 heterocycles. The van der Waals surface area contributed by atoms with E-state index in [9.17, 15) is 18.6 Å². The summed E-state index contributed by atoms with van der Waals surface area (Å²) in [5.74, 6) is 2.48. The number of aliphatic hydroxyl groups is 2. The Balaban J connectivity index is 1.31. The summed E-state index contributed by atoms with van der Waals surface area (Å²) in [6.07, 6.45) is 7.71. The molecule has 0 bridgehead atoms. The highest BCUT2D eigenvalue weighted by atomic mass is 32.2. The Morgan fingerprint density at radius 3 is 2.43 bits per heavy atom. The highest BCUT2D eigenvalue weighted by molar-refractivity contribution is 7.86. The topological polar surface area (TPSA) is 83.8 Å². The van der Waals surface area contributed by atoms with Crippen molar-refractivity contribution in [1.29, 1.82) is 0 Å². The smallest absolute Gasteiger partial charge is 0.296 e. The molecule has 4 aliphatic carbocycles. The molecule has 1 aromatic rings. The highest BCUT2D eigenvalue weighted by Gasteiger charge is 2.63. The minimum atomic E-state index is -3.79. The van der Waals surface area contributed by atoms with E-state index in [1.165, 1.54) is 12.8 Å². The monoisotopic (exact) mass is 504 g/mol. The molecule has 2 N–H and O–H groups in total. The first-order chi connectivity index (χ1) is 16.5. The van der Waals surface area contributed by atoms with Crippen LogP contribution in [-0.2, 0) is 14.3 Å². The van der Waals surface area contributed by atoms with Crippen molar-refractivity contribution in [3.8, 4) is 0 Å². The Morgan fingerprint density at radius 1 is 1.00 bits per heavy atom. The van der Waals surface area contributed by atoms with Gasteiger partial charge in [0.15, 0.2) is 0 Å². The van der Waals surface area contributed by atoms with Gasteiger partial charge in [0.1, 0.15) is 0 Å². The summed E-state index contributed by atoms with van der Waals surface area (Å²) < 4.78 is 31.1. The number of rotatable bonds is 5. The summed E-state index contributed by atoms with van der Waals surface area (Å²) in [4.78, 5) is 0.203. The number of aliphatic hydroxyl groups excluding tert-OH is 2. The van der Waals surface area contributed by atoms with Crippen molar-refractivity contribution >= 4 is 10.1 Å². The van der Waals surface area contributed by atoms with Gasteiger partial charge in [-0.2, -0.15) is 8.42 Å². The second kappa shape index (κ2) is 9.11. The molecule has 4 aliphatic rings. The van der Waals surface area contributed by atoms with Crippen molar-refractivity contribution in [3.63, 3.8) is 0 Å². The molecule has 5 rings (SSSR count). The van der Waals surface area contributed by atoms with Crippen molar-refractivity contribution in [2.75, 3.05) is 6.61 Å². The molecule has 5 nitrogen and oxygen atoms in total. The third-order valence-electron chi connectivity index (χ3n) is 11.3. The van der Waals surface area contributed by atoms with Gasteiger partial charge in [-0.15, -0.1) is 0 Å². The molecule has 4 saturated carbocycles. The molecule has 4 unspecified atom stereocenters. The normalized spacial score (nSPS) is 44.2. The molecule has 4 fully saturated rings. The lowest BCUT2D eigenvalue weighted by atomic mass is 9.43. The molecule has 10 atom stereocenters. The maximum atomic E-state index is 12.8. The predicted octanol–water partition coefficient (Wildman–Crippen LogP) is 5.33. The number of benzene rings is 1. The quantitative estimate of drug-likeness (QED) is 0.530.